The topological polar surface area (TPSA) is 21.6 Å². The number of aliphatic imine (C=N–C) groups is 1. The Balaban J connectivity index is 2.04. The van der Waals surface area contributed by atoms with Gasteiger partial charge in [-0.25, -0.2) is 0 Å². The number of ether oxygens (including phenoxy) is 1. The van der Waals surface area contributed by atoms with Crippen LogP contribution in [0, 0.1) is 0 Å². The van der Waals surface area contributed by atoms with Gasteiger partial charge in [0, 0.05) is 5.71 Å². The number of unbranched alkanes of at least 4 members (excludes halogenated alkanes) is 1. The van der Waals surface area contributed by atoms with Crippen molar-refractivity contribution < 1.29 is 4.74 Å². The molecule has 0 unspecified atom stereocenters. The Bertz CT molecular complexity index is 597. The minimum Gasteiger partial charge on any atom is -0.494 e. The molecule has 0 aliphatic rings. The van der Waals surface area contributed by atoms with Crippen molar-refractivity contribution in [2.45, 2.75) is 40.0 Å². The second-order valence-electron chi connectivity index (χ2n) is 5.44. The molecular formula is C20H25NO. The van der Waals surface area contributed by atoms with Crippen molar-refractivity contribution in [3.63, 3.8) is 0 Å². The number of nitrogens with zero attached hydrogens (tertiary/aromatic N) is 1. The molecule has 0 radical (unpaired) electrons. The highest BCUT2D eigenvalue weighted by Crippen LogP contribution is 2.19. The van der Waals surface area contributed by atoms with Gasteiger partial charge in [0.2, 0.25) is 0 Å². The first-order valence-corrected chi connectivity index (χ1v) is 8.10. The first-order chi connectivity index (χ1) is 10.7. The van der Waals surface area contributed by atoms with E-state index in [1.54, 1.807) is 0 Å². The van der Waals surface area contributed by atoms with Crippen LogP contribution in [0.2, 0.25) is 0 Å². The molecule has 2 nitrogen and oxygen atoms in total. The summed E-state index contributed by atoms with van der Waals surface area (Å²) in [6.07, 6.45) is 3.31. The molecule has 0 saturated carbocycles. The highest BCUT2D eigenvalue weighted by molar-refractivity contribution is 6.00. The molecule has 0 bridgehead atoms. The molecule has 0 aliphatic carbocycles. The van der Waals surface area contributed by atoms with Gasteiger partial charge in [0.25, 0.3) is 0 Å². The molecule has 2 aromatic rings. The highest BCUT2D eigenvalue weighted by atomic mass is 16.5. The van der Waals surface area contributed by atoms with Gasteiger partial charge in [-0.15, -0.1) is 0 Å². The molecule has 2 aromatic carbocycles. The molecule has 0 heterocycles. The lowest BCUT2D eigenvalue weighted by Gasteiger charge is -2.06. The molecule has 2 heteroatoms. The van der Waals surface area contributed by atoms with Crippen LogP contribution in [-0.2, 0) is 6.42 Å². The Morgan fingerprint density at radius 1 is 0.955 bits per heavy atom. The molecule has 0 N–H and O–H groups in total. The average molecular weight is 295 g/mol. The third-order valence-electron chi connectivity index (χ3n) is 3.68. The molecule has 0 spiro atoms. The molecule has 0 saturated heterocycles. The lowest BCUT2D eigenvalue weighted by atomic mass is 10.1. The summed E-state index contributed by atoms with van der Waals surface area (Å²) in [4.78, 5) is 4.68. The molecule has 0 aliphatic heterocycles. The Morgan fingerprint density at radius 3 is 2.23 bits per heavy atom. The van der Waals surface area contributed by atoms with Crippen molar-refractivity contribution in [3.8, 4) is 5.75 Å². The van der Waals surface area contributed by atoms with Crippen LogP contribution in [-0.4, -0.2) is 12.3 Å². The molecular weight excluding hydrogens is 270 g/mol. The van der Waals surface area contributed by atoms with Gasteiger partial charge in [0.15, 0.2) is 0 Å². The van der Waals surface area contributed by atoms with Crippen LogP contribution in [0.15, 0.2) is 53.5 Å². The minimum absolute atomic E-state index is 0.780. The second kappa shape index (κ2) is 8.38. The zero-order valence-corrected chi connectivity index (χ0v) is 13.8. The summed E-state index contributed by atoms with van der Waals surface area (Å²) >= 11 is 0. The first kappa shape index (κ1) is 16.3. The Hall–Kier alpha value is -2.09. The summed E-state index contributed by atoms with van der Waals surface area (Å²) < 4.78 is 5.67. The van der Waals surface area contributed by atoms with Crippen molar-refractivity contribution in [2.75, 3.05) is 6.61 Å². The minimum atomic E-state index is 0.780. The predicted octanol–water partition coefficient (Wildman–Crippen LogP) is 5.57. The van der Waals surface area contributed by atoms with Crippen LogP contribution in [0.4, 0.5) is 5.69 Å². The van der Waals surface area contributed by atoms with Gasteiger partial charge in [0.05, 0.1) is 12.3 Å². The second-order valence-corrected chi connectivity index (χ2v) is 5.44. The van der Waals surface area contributed by atoms with Crippen molar-refractivity contribution in [1.82, 2.24) is 0 Å². The van der Waals surface area contributed by atoms with Gasteiger partial charge in [-0.3, -0.25) is 4.99 Å². The maximum Gasteiger partial charge on any atom is 0.119 e. The normalized spacial score (nSPS) is 11.5. The summed E-state index contributed by atoms with van der Waals surface area (Å²) in [5, 5.41) is 0. The number of hydrogen-bond acceptors (Lipinski definition) is 2. The monoisotopic (exact) mass is 295 g/mol. The molecule has 116 valence electrons. The molecule has 0 aromatic heterocycles. The van der Waals surface area contributed by atoms with Gasteiger partial charge in [-0.1, -0.05) is 44.5 Å². The third-order valence-corrected chi connectivity index (χ3v) is 3.68. The lowest BCUT2D eigenvalue weighted by Crippen LogP contribution is -1.96. The van der Waals surface area contributed by atoms with E-state index in [4.69, 9.17) is 4.74 Å². The largest absolute Gasteiger partial charge is 0.494 e. The zero-order chi connectivity index (χ0) is 15.8. The van der Waals surface area contributed by atoms with E-state index < -0.39 is 0 Å². The lowest BCUT2D eigenvalue weighted by molar-refractivity contribution is 0.309. The standard InChI is InChI=1S/C20H25NO/c1-4-6-15-22-20-13-11-19(12-14-20)21-16(3)18-9-7-17(5-2)8-10-18/h7-14H,4-6,15H2,1-3H3. The summed E-state index contributed by atoms with van der Waals surface area (Å²) in [5.74, 6) is 0.914. The van der Waals surface area contributed by atoms with Crippen LogP contribution >= 0.6 is 0 Å². The maximum atomic E-state index is 5.67. The van der Waals surface area contributed by atoms with Gasteiger partial charge >= 0.3 is 0 Å². The third kappa shape index (κ3) is 4.73. The SMILES string of the molecule is CCCCOc1ccc(N=C(C)c2ccc(CC)cc2)cc1. The van der Waals surface area contributed by atoms with E-state index >= 15 is 0 Å². The Labute approximate surface area is 133 Å². The van der Waals surface area contributed by atoms with Crippen LogP contribution in [0.3, 0.4) is 0 Å². The fourth-order valence-electron chi connectivity index (χ4n) is 2.19. The number of rotatable bonds is 7. The summed E-state index contributed by atoms with van der Waals surface area (Å²) in [6.45, 7) is 7.16. The summed E-state index contributed by atoms with van der Waals surface area (Å²) in [5.41, 5.74) is 4.51. The number of benzene rings is 2. The molecule has 0 amide bonds. The zero-order valence-electron chi connectivity index (χ0n) is 13.8. The Kier molecular flexibility index (Phi) is 6.20. The predicted molar refractivity (Wildman–Crippen MR) is 94.5 cm³/mol. The fraction of sp³-hybridized carbons (Fsp3) is 0.350. The number of hydrogen-bond donors (Lipinski definition) is 0. The van der Waals surface area contributed by atoms with E-state index in [9.17, 15) is 0 Å². The summed E-state index contributed by atoms with van der Waals surface area (Å²) in [6, 6.07) is 16.6. The van der Waals surface area contributed by atoms with Crippen molar-refractivity contribution >= 4 is 11.4 Å². The van der Waals surface area contributed by atoms with Crippen LogP contribution < -0.4 is 4.74 Å². The first-order valence-electron chi connectivity index (χ1n) is 8.10. The van der Waals surface area contributed by atoms with E-state index in [1.165, 1.54) is 11.1 Å². The van der Waals surface area contributed by atoms with Crippen molar-refractivity contribution in [1.29, 1.82) is 0 Å². The highest BCUT2D eigenvalue weighted by Gasteiger charge is 1.99. The smallest absolute Gasteiger partial charge is 0.119 e. The maximum absolute atomic E-state index is 5.67. The van der Waals surface area contributed by atoms with Gasteiger partial charge < -0.3 is 4.74 Å². The molecule has 2 rings (SSSR count). The number of aryl methyl sites for hydroxylation is 1. The van der Waals surface area contributed by atoms with Gasteiger partial charge in [-0.05, 0) is 55.2 Å². The van der Waals surface area contributed by atoms with E-state index in [-0.39, 0.29) is 0 Å². The van der Waals surface area contributed by atoms with E-state index in [1.807, 2.05) is 31.2 Å². The van der Waals surface area contributed by atoms with Gasteiger partial charge in [0.1, 0.15) is 5.75 Å². The van der Waals surface area contributed by atoms with E-state index in [0.29, 0.717) is 0 Å². The van der Waals surface area contributed by atoms with Crippen LogP contribution in [0.5, 0.6) is 5.75 Å². The average Bonchev–Trinajstić information content (AvgIpc) is 2.57. The van der Waals surface area contributed by atoms with Gasteiger partial charge in [-0.2, -0.15) is 0 Å². The van der Waals surface area contributed by atoms with Crippen molar-refractivity contribution in [2.24, 2.45) is 4.99 Å². The van der Waals surface area contributed by atoms with Crippen LogP contribution in [0.1, 0.15) is 44.7 Å². The van der Waals surface area contributed by atoms with E-state index in [0.717, 1.165) is 43.0 Å². The van der Waals surface area contributed by atoms with E-state index in [2.05, 4.69) is 43.1 Å². The Morgan fingerprint density at radius 2 is 1.64 bits per heavy atom. The van der Waals surface area contributed by atoms with Crippen LogP contribution in [0.25, 0.3) is 0 Å². The molecule has 0 atom stereocenters. The fourth-order valence-corrected chi connectivity index (χ4v) is 2.19. The quantitative estimate of drug-likeness (QED) is 0.483. The summed E-state index contributed by atoms with van der Waals surface area (Å²) in [7, 11) is 0. The molecule has 22 heavy (non-hydrogen) atoms. The molecule has 0 fully saturated rings. The van der Waals surface area contributed by atoms with Crippen molar-refractivity contribution in [3.05, 3.63) is 59.7 Å².